The van der Waals surface area contributed by atoms with E-state index in [0.717, 1.165) is 12.8 Å². The van der Waals surface area contributed by atoms with Crippen LogP contribution < -0.4 is 5.73 Å². The van der Waals surface area contributed by atoms with E-state index < -0.39 is 10.2 Å². The first-order valence-electron chi connectivity index (χ1n) is 6.95. The van der Waals surface area contributed by atoms with Crippen LogP contribution in [0.1, 0.15) is 26.2 Å². The minimum absolute atomic E-state index is 0.00497. The Kier molecular flexibility index (Phi) is 6.87. The molecule has 1 fully saturated rings. The van der Waals surface area contributed by atoms with Crippen molar-refractivity contribution in [2.75, 3.05) is 39.9 Å². The van der Waals surface area contributed by atoms with Crippen molar-refractivity contribution < 1.29 is 13.2 Å². The Bertz CT molecular complexity index is 413. The molecule has 0 aromatic rings. The van der Waals surface area contributed by atoms with Crippen molar-refractivity contribution in [3.8, 4) is 0 Å². The fourth-order valence-corrected chi connectivity index (χ4v) is 4.06. The number of nitrogens with one attached hydrogen (secondary N) is 1. The molecule has 1 aliphatic rings. The minimum atomic E-state index is -3.49. The van der Waals surface area contributed by atoms with Gasteiger partial charge in [-0.3, -0.25) is 5.41 Å². The molecule has 0 spiro atoms. The lowest BCUT2D eigenvalue weighted by atomic mass is 10.0. The van der Waals surface area contributed by atoms with Gasteiger partial charge in [-0.2, -0.15) is 17.0 Å². The number of hydrogen-bond acceptors (Lipinski definition) is 4. The number of nitrogens with two attached hydrogens (primary N) is 1. The molecule has 0 aromatic heterocycles. The largest absolute Gasteiger partial charge is 0.388 e. The second-order valence-corrected chi connectivity index (χ2v) is 7.21. The van der Waals surface area contributed by atoms with E-state index in [1.54, 1.807) is 7.11 Å². The molecule has 1 rings (SSSR count). The topological polar surface area (TPSA) is 99.7 Å². The predicted molar refractivity (Wildman–Crippen MR) is 78.9 cm³/mol. The lowest BCUT2D eigenvalue weighted by Gasteiger charge is -2.34. The van der Waals surface area contributed by atoms with Gasteiger partial charge in [-0.25, -0.2) is 0 Å². The molecule has 1 aliphatic heterocycles. The van der Waals surface area contributed by atoms with Crippen LogP contribution in [0.5, 0.6) is 0 Å². The standard InChI is InChI=1S/C12H26N4O3S/c1-11-4-3-6-16(10-11)20(17,18)15(8-9-19-2)7-5-12(13)14/h11H,3-10H2,1-2H3,(H3,13,14). The predicted octanol–water partition coefficient (Wildman–Crippen LogP) is 0.238. The van der Waals surface area contributed by atoms with Crippen LogP contribution in [0, 0.1) is 11.3 Å². The van der Waals surface area contributed by atoms with Gasteiger partial charge < -0.3 is 10.5 Å². The highest BCUT2D eigenvalue weighted by molar-refractivity contribution is 7.86. The molecule has 3 N–H and O–H groups in total. The van der Waals surface area contributed by atoms with Crippen LogP contribution in [0.4, 0.5) is 0 Å². The third-order valence-corrected chi connectivity index (χ3v) is 5.45. The number of amidine groups is 1. The summed E-state index contributed by atoms with van der Waals surface area (Å²) in [4.78, 5) is 0. The van der Waals surface area contributed by atoms with Crippen LogP contribution in [0.15, 0.2) is 0 Å². The SMILES string of the molecule is COCCN(CCC(=N)N)S(=O)(=O)N1CCCC(C)C1. The van der Waals surface area contributed by atoms with Crippen LogP contribution in [0.2, 0.25) is 0 Å². The van der Waals surface area contributed by atoms with Crippen molar-refractivity contribution in [1.29, 1.82) is 5.41 Å². The van der Waals surface area contributed by atoms with Gasteiger partial charge >= 0.3 is 0 Å². The maximum absolute atomic E-state index is 12.6. The van der Waals surface area contributed by atoms with Crippen LogP contribution in [-0.2, 0) is 14.9 Å². The maximum atomic E-state index is 12.6. The zero-order valence-electron chi connectivity index (χ0n) is 12.3. The van der Waals surface area contributed by atoms with Crippen LogP contribution in [0.25, 0.3) is 0 Å². The first-order valence-corrected chi connectivity index (χ1v) is 8.34. The van der Waals surface area contributed by atoms with E-state index in [-0.39, 0.29) is 25.3 Å². The molecule has 0 radical (unpaired) electrons. The summed E-state index contributed by atoms with van der Waals surface area (Å²) < 4.78 is 33.2. The first-order chi connectivity index (χ1) is 9.37. The van der Waals surface area contributed by atoms with Crippen LogP contribution >= 0.6 is 0 Å². The second-order valence-electron chi connectivity index (χ2n) is 5.28. The monoisotopic (exact) mass is 306 g/mol. The Morgan fingerprint density at radius 2 is 2.20 bits per heavy atom. The van der Waals surface area contributed by atoms with Crippen molar-refractivity contribution in [2.24, 2.45) is 11.7 Å². The summed E-state index contributed by atoms with van der Waals surface area (Å²) in [5.74, 6) is 0.380. The Morgan fingerprint density at radius 1 is 1.50 bits per heavy atom. The summed E-state index contributed by atoms with van der Waals surface area (Å²) in [7, 11) is -1.95. The highest BCUT2D eigenvalue weighted by Crippen LogP contribution is 2.20. The third kappa shape index (κ3) is 5.01. The van der Waals surface area contributed by atoms with Crippen LogP contribution in [-0.4, -0.2) is 62.8 Å². The Balaban J connectivity index is 2.76. The van der Waals surface area contributed by atoms with Gasteiger partial charge in [0.05, 0.1) is 12.4 Å². The average Bonchev–Trinajstić information content (AvgIpc) is 2.38. The first kappa shape index (κ1) is 17.4. The Morgan fingerprint density at radius 3 is 2.75 bits per heavy atom. The van der Waals surface area contributed by atoms with E-state index in [9.17, 15) is 8.42 Å². The van der Waals surface area contributed by atoms with Gasteiger partial charge in [0.1, 0.15) is 0 Å². The quantitative estimate of drug-likeness (QED) is 0.495. The Labute approximate surface area is 121 Å². The molecule has 1 saturated heterocycles. The second kappa shape index (κ2) is 7.92. The molecular formula is C12H26N4O3S. The minimum Gasteiger partial charge on any atom is -0.388 e. The zero-order valence-corrected chi connectivity index (χ0v) is 13.2. The highest BCUT2D eigenvalue weighted by Gasteiger charge is 2.32. The molecule has 0 amide bonds. The molecule has 7 nitrogen and oxygen atoms in total. The maximum Gasteiger partial charge on any atom is 0.282 e. The number of piperidine rings is 1. The molecule has 1 atom stereocenters. The molecule has 1 unspecified atom stereocenters. The van der Waals surface area contributed by atoms with Crippen molar-refractivity contribution in [2.45, 2.75) is 26.2 Å². The van der Waals surface area contributed by atoms with Crippen LogP contribution in [0.3, 0.4) is 0 Å². The lowest BCUT2D eigenvalue weighted by molar-refractivity contribution is 0.173. The van der Waals surface area contributed by atoms with E-state index in [0.29, 0.717) is 25.6 Å². The van der Waals surface area contributed by atoms with E-state index in [4.69, 9.17) is 15.9 Å². The van der Waals surface area contributed by atoms with Gasteiger partial charge in [0.25, 0.3) is 10.2 Å². The van der Waals surface area contributed by atoms with Crippen molar-refractivity contribution >= 4 is 16.0 Å². The Hall–Kier alpha value is -0.700. The normalized spacial score (nSPS) is 21.2. The number of hydrogen-bond donors (Lipinski definition) is 2. The number of methoxy groups -OCH3 is 1. The highest BCUT2D eigenvalue weighted by atomic mass is 32.2. The summed E-state index contributed by atoms with van der Waals surface area (Å²) in [6, 6.07) is 0. The molecule has 0 saturated carbocycles. The van der Waals surface area contributed by atoms with E-state index in [1.807, 2.05) is 0 Å². The molecule has 0 aliphatic carbocycles. The third-order valence-electron chi connectivity index (χ3n) is 3.45. The average molecular weight is 306 g/mol. The van der Waals surface area contributed by atoms with Crippen molar-refractivity contribution in [3.05, 3.63) is 0 Å². The molecule has 8 heteroatoms. The van der Waals surface area contributed by atoms with Gasteiger partial charge in [-0.15, -0.1) is 0 Å². The summed E-state index contributed by atoms with van der Waals surface area (Å²) in [6.45, 7) is 4.04. The summed E-state index contributed by atoms with van der Waals surface area (Å²) in [5, 5.41) is 7.26. The summed E-state index contributed by atoms with van der Waals surface area (Å²) >= 11 is 0. The molecular weight excluding hydrogens is 280 g/mol. The molecule has 20 heavy (non-hydrogen) atoms. The number of nitrogens with zero attached hydrogens (tertiary/aromatic N) is 2. The molecule has 0 aromatic carbocycles. The molecule has 0 bridgehead atoms. The fourth-order valence-electron chi connectivity index (χ4n) is 2.30. The zero-order chi connectivity index (χ0) is 15.2. The van der Waals surface area contributed by atoms with Gasteiger partial charge in [0, 0.05) is 39.7 Å². The summed E-state index contributed by atoms with van der Waals surface area (Å²) in [5.41, 5.74) is 5.33. The van der Waals surface area contributed by atoms with Crippen molar-refractivity contribution in [3.63, 3.8) is 0 Å². The smallest absolute Gasteiger partial charge is 0.282 e. The van der Waals surface area contributed by atoms with Gasteiger partial charge in [-0.05, 0) is 18.8 Å². The van der Waals surface area contributed by atoms with Gasteiger partial charge in [0.15, 0.2) is 0 Å². The lowest BCUT2D eigenvalue weighted by Crippen LogP contribution is -2.49. The van der Waals surface area contributed by atoms with E-state index >= 15 is 0 Å². The molecule has 118 valence electrons. The molecule has 1 heterocycles. The fraction of sp³-hybridized carbons (Fsp3) is 0.917. The van der Waals surface area contributed by atoms with Gasteiger partial charge in [-0.1, -0.05) is 6.92 Å². The number of rotatable bonds is 8. The van der Waals surface area contributed by atoms with E-state index in [1.165, 1.54) is 8.61 Å². The summed E-state index contributed by atoms with van der Waals surface area (Å²) in [6.07, 6.45) is 2.20. The van der Waals surface area contributed by atoms with E-state index in [2.05, 4.69) is 6.92 Å². The number of ether oxygens (including phenoxy) is 1. The van der Waals surface area contributed by atoms with Crippen molar-refractivity contribution in [1.82, 2.24) is 8.61 Å². The van der Waals surface area contributed by atoms with Gasteiger partial charge in [0.2, 0.25) is 0 Å².